The molecule has 12 rings (SSSR count). The third-order valence-electron chi connectivity index (χ3n) is 13.3. The van der Waals surface area contributed by atoms with Crippen molar-refractivity contribution in [2.24, 2.45) is 0 Å². The smallest absolute Gasteiger partial charge is 0.0718 e. The maximum atomic E-state index is 2.56. The first-order valence-corrected chi connectivity index (χ1v) is 22.9. The van der Waals surface area contributed by atoms with Crippen LogP contribution in [0.3, 0.4) is 0 Å². The standard InChI is InChI=1S/C61H44N2S/c1-61(2)54-28-14-11-26-50(54)51-37-36-46(40-55(51)61)63(57-29-15-12-25-48(57)41-18-5-3-6-19-41)59-49(38-39-53-52-27-13-16-31-58(52)64-60(53)59)43-32-34-45(35-33-43)62(44-22-7-4-8-23-44)56-30-17-21-42-20-9-10-24-47(42)56/h3-40H,1-2H3. The molecule has 11 aromatic rings. The van der Waals surface area contributed by atoms with Crippen LogP contribution in [0.25, 0.3) is 64.3 Å². The van der Waals surface area contributed by atoms with Crippen LogP contribution < -0.4 is 9.80 Å². The number of hydrogen-bond donors (Lipinski definition) is 0. The molecule has 10 aromatic carbocycles. The third kappa shape index (κ3) is 6.15. The highest BCUT2D eigenvalue weighted by molar-refractivity contribution is 7.26. The van der Waals surface area contributed by atoms with Gasteiger partial charge in [-0.3, -0.25) is 0 Å². The van der Waals surface area contributed by atoms with Gasteiger partial charge in [0, 0.05) is 54.5 Å². The van der Waals surface area contributed by atoms with E-state index in [0.717, 1.165) is 34.0 Å². The zero-order valence-electron chi connectivity index (χ0n) is 35.7. The summed E-state index contributed by atoms with van der Waals surface area (Å²) in [6.07, 6.45) is 0. The summed E-state index contributed by atoms with van der Waals surface area (Å²) in [6, 6.07) is 84.6. The second-order valence-electron chi connectivity index (χ2n) is 17.3. The molecule has 0 N–H and O–H groups in total. The van der Waals surface area contributed by atoms with E-state index >= 15 is 0 Å². The molecular weight excluding hydrogens is 793 g/mol. The van der Waals surface area contributed by atoms with Gasteiger partial charge in [-0.15, -0.1) is 11.3 Å². The Hall–Kier alpha value is -7.72. The fourth-order valence-electron chi connectivity index (χ4n) is 10.2. The topological polar surface area (TPSA) is 6.48 Å². The van der Waals surface area contributed by atoms with E-state index in [1.54, 1.807) is 0 Å². The molecule has 1 aliphatic rings. The highest BCUT2D eigenvalue weighted by Gasteiger charge is 2.36. The lowest BCUT2D eigenvalue weighted by atomic mass is 9.82. The number of hydrogen-bond acceptors (Lipinski definition) is 3. The molecule has 2 nitrogen and oxygen atoms in total. The fraction of sp³-hybridized carbons (Fsp3) is 0.0492. The first kappa shape index (κ1) is 38.0. The van der Waals surface area contributed by atoms with Crippen molar-refractivity contribution in [1.29, 1.82) is 0 Å². The van der Waals surface area contributed by atoms with Crippen molar-refractivity contribution in [3.05, 3.63) is 242 Å². The largest absolute Gasteiger partial charge is 0.310 e. The van der Waals surface area contributed by atoms with E-state index in [0.29, 0.717) is 0 Å². The molecule has 0 saturated carbocycles. The molecule has 1 aliphatic carbocycles. The average molecular weight is 837 g/mol. The summed E-state index contributed by atoms with van der Waals surface area (Å²) >= 11 is 1.89. The highest BCUT2D eigenvalue weighted by atomic mass is 32.1. The average Bonchev–Trinajstić information content (AvgIpc) is 3.84. The number of benzene rings is 10. The zero-order valence-corrected chi connectivity index (χ0v) is 36.6. The van der Waals surface area contributed by atoms with Gasteiger partial charge in [0.1, 0.15) is 0 Å². The van der Waals surface area contributed by atoms with E-state index in [9.17, 15) is 0 Å². The normalized spacial score (nSPS) is 12.7. The molecule has 64 heavy (non-hydrogen) atoms. The molecule has 0 bridgehead atoms. The number of fused-ring (bicyclic) bond motifs is 7. The summed E-state index contributed by atoms with van der Waals surface area (Å²) in [5, 5.41) is 4.97. The van der Waals surface area contributed by atoms with E-state index < -0.39 is 0 Å². The van der Waals surface area contributed by atoms with Gasteiger partial charge >= 0.3 is 0 Å². The van der Waals surface area contributed by atoms with Crippen LogP contribution in [-0.4, -0.2) is 0 Å². The van der Waals surface area contributed by atoms with Crippen LogP contribution in [-0.2, 0) is 5.41 Å². The van der Waals surface area contributed by atoms with Crippen LogP contribution in [0.1, 0.15) is 25.0 Å². The molecule has 0 amide bonds. The fourth-order valence-corrected chi connectivity index (χ4v) is 11.4. The van der Waals surface area contributed by atoms with Crippen LogP contribution in [0.5, 0.6) is 0 Å². The van der Waals surface area contributed by atoms with E-state index in [-0.39, 0.29) is 5.41 Å². The maximum absolute atomic E-state index is 2.56. The maximum Gasteiger partial charge on any atom is 0.0718 e. The van der Waals surface area contributed by atoms with Crippen molar-refractivity contribution in [2.45, 2.75) is 19.3 Å². The third-order valence-corrected chi connectivity index (χ3v) is 14.5. The Kier molecular flexibility index (Phi) is 9.06. The Morgan fingerprint density at radius 2 is 0.938 bits per heavy atom. The van der Waals surface area contributed by atoms with E-state index in [1.807, 2.05) is 11.3 Å². The van der Waals surface area contributed by atoms with Gasteiger partial charge in [0.05, 0.1) is 21.8 Å². The Balaban J connectivity index is 1.11. The Bertz CT molecular complexity index is 3530. The number of nitrogens with zero attached hydrogens (tertiary/aromatic N) is 2. The van der Waals surface area contributed by atoms with Crippen LogP contribution in [0.15, 0.2) is 231 Å². The van der Waals surface area contributed by atoms with E-state index in [4.69, 9.17) is 0 Å². The first-order valence-electron chi connectivity index (χ1n) is 22.1. The summed E-state index contributed by atoms with van der Waals surface area (Å²) in [5.41, 5.74) is 16.7. The molecule has 0 radical (unpaired) electrons. The van der Waals surface area contributed by atoms with Gasteiger partial charge in [-0.05, 0) is 93.4 Å². The second-order valence-corrected chi connectivity index (χ2v) is 18.3. The Morgan fingerprint density at radius 1 is 0.359 bits per heavy atom. The Morgan fingerprint density at radius 3 is 1.77 bits per heavy atom. The van der Waals surface area contributed by atoms with Crippen molar-refractivity contribution in [3.8, 4) is 33.4 Å². The summed E-state index contributed by atoms with van der Waals surface area (Å²) in [4.78, 5) is 4.95. The van der Waals surface area contributed by atoms with Gasteiger partial charge in [-0.1, -0.05) is 190 Å². The molecule has 0 saturated heterocycles. The molecule has 3 heteroatoms. The lowest BCUT2D eigenvalue weighted by Crippen LogP contribution is -2.17. The predicted molar refractivity (Wildman–Crippen MR) is 275 cm³/mol. The molecule has 1 aromatic heterocycles. The van der Waals surface area contributed by atoms with E-state index in [1.165, 1.54) is 75.6 Å². The molecular formula is C61H44N2S. The zero-order chi connectivity index (χ0) is 42.8. The molecule has 0 aliphatic heterocycles. The minimum absolute atomic E-state index is 0.163. The number of rotatable bonds is 8. The number of para-hydroxylation sites is 2. The molecule has 1 heterocycles. The van der Waals surface area contributed by atoms with Crippen molar-refractivity contribution in [1.82, 2.24) is 0 Å². The Labute approximate surface area is 378 Å². The number of anilines is 6. The van der Waals surface area contributed by atoms with Gasteiger partial charge in [-0.25, -0.2) is 0 Å². The molecule has 0 spiro atoms. The summed E-state index contributed by atoms with van der Waals surface area (Å²) < 4.78 is 2.54. The van der Waals surface area contributed by atoms with E-state index in [2.05, 4.69) is 254 Å². The second kappa shape index (κ2) is 15.3. The lowest BCUT2D eigenvalue weighted by molar-refractivity contribution is 0.660. The SMILES string of the molecule is CC1(C)c2ccccc2-c2ccc(N(c3ccccc3-c3ccccc3)c3c(-c4ccc(N(c5ccccc5)c5cccc6ccccc56)cc4)ccc4c3sc3ccccc34)cc21. The van der Waals surface area contributed by atoms with Gasteiger partial charge in [-0.2, -0.15) is 0 Å². The molecule has 0 fully saturated rings. The quantitative estimate of drug-likeness (QED) is 0.150. The summed E-state index contributed by atoms with van der Waals surface area (Å²) in [7, 11) is 0. The number of thiophene rings is 1. The first-order chi connectivity index (χ1) is 31.5. The van der Waals surface area contributed by atoms with Crippen LogP contribution >= 0.6 is 11.3 Å². The monoisotopic (exact) mass is 836 g/mol. The minimum Gasteiger partial charge on any atom is -0.310 e. The predicted octanol–water partition coefficient (Wildman–Crippen LogP) is 17.8. The van der Waals surface area contributed by atoms with Gasteiger partial charge in [0.25, 0.3) is 0 Å². The van der Waals surface area contributed by atoms with Crippen molar-refractivity contribution in [3.63, 3.8) is 0 Å². The molecule has 304 valence electrons. The van der Waals surface area contributed by atoms with Crippen LogP contribution in [0, 0.1) is 0 Å². The summed E-state index contributed by atoms with van der Waals surface area (Å²) in [6.45, 7) is 4.75. The van der Waals surface area contributed by atoms with Crippen LogP contribution in [0.4, 0.5) is 34.1 Å². The van der Waals surface area contributed by atoms with Crippen molar-refractivity contribution < 1.29 is 0 Å². The molecule has 0 unspecified atom stereocenters. The van der Waals surface area contributed by atoms with Crippen LogP contribution in [0.2, 0.25) is 0 Å². The summed E-state index contributed by atoms with van der Waals surface area (Å²) in [5.74, 6) is 0. The minimum atomic E-state index is -0.163. The van der Waals surface area contributed by atoms with Crippen molar-refractivity contribution in [2.75, 3.05) is 9.80 Å². The van der Waals surface area contributed by atoms with Gasteiger partial charge < -0.3 is 9.80 Å². The lowest BCUT2D eigenvalue weighted by Gasteiger charge is -2.32. The van der Waals surface area contributed by atoms with Crippen molar-refractivity contribution >= 4 is 76.4 Å². The van der Waals surface area contributed by atoms with Gasteiger partial charge in [0.2, 0.25) is 0 Å². The highest BCUT2D eigenvalue weighted by Crippen LogP contribution is 2.55. The molecule has 0 atom stereocenters. The van der Waals surface area contributed by atoms with Gasteiger partial charge in [0.15, 0.2) is 0 Å².